The Morgan fingerprint density at radius 1 is 1.36 bits per heavy atom. The molecule has 0 aliphatic carbocycles. The van der Waals surface area contributed by atoms with Gasteiger partial charge in [0, 0.05) is 13.6 Å². The number of halogens is 2. The van der Waals surface area contributed by atoms with E-state index in [4.69, 9.17) is 15.8 Å². The first-order chi connectivity index (χ1) is 10.2. The quantitative estimate of drug-likeness (QED) is 0.521. The first kappa shape index (κ1) is 17.7. The second kappa shape index (κ2) is 6.88. The van der Waals surface area contributed by atoms with Crippen molar-refractivity contribution < 1.29 is 12.6 Å². The van der Waals surface area contributed by atoms with Crippen molar-refractivity contribution in [1.82, 2.24) is 0 Å². The van der Waals surface area contributed by atoms with E-state index in [1.807, 2.05) is 11.0 Å². The molecule has 0 unspecified atom stereocenters. The van der Waals surface area contributed by atoms with E-state index in [0.717, 1.165) is 22.2 Å². The average molecular weight is 445 g/mol. The molecule has 2 rings (SSSR count). The Bertz CT molecular complexity index is 846. The highest BCUT2D eigenvalue weighted by Crippen LogP contribution is 2.34. The second-order valence-corrected chi connectivity index (χ2v) is 9.28. The topological polar surface area (TPSA) is 63.7 Å². The third-order valence-electron chi connectivity index (χ3n) is 2.60. The van der Waals surface area contributed by atoms with Crippen LogP contribution < -0.4 is 13.8 Å². The van der Waals surface area contributed by atoms with Gasteiger partial charge in [0.05, 0.1) is 10.7 Å². The molecule has 0 atom stereocenters. The second-order valence-electron chi connectivity index (χ2n) is 4.45. The van der Waals surface area contributed by atoms with Crippen molar-refractivity contribution in [2.45, 2.75) is 6.54 Å². The Balaban J connectivity index is 2.28. The highest BCUT2D eigenvalue weighted by Gasteiger charge is 2.16. The standard InChI is InChI=1S/C12H11BrClNO4S3/c1-15(11-10(14)12(16)21-20-11)6-7-4-3-5-8(9(7)13)19-22(2,17)18/h3-5H,6H2,1-2H3. The molecule has 0 radical (unpaired) electrons. The normalized spacial score (nSPS) is 11.5. The summed E-state index contributed by atoms with van der Waals surface area (Å²) in [6, 6.07) is 5.09. The van der Waals surface area contributed by atoms with E-state index in [1.54, 1.807) is 19.2 Å². The Morgan fingerprint density at radius 2 is 2.05 bits per heavy atom. The summed E-state index contributed by atoms with van der Waals surface area (Å²) in [6.07, 6.45) is 0.987. The summed E-state index contributed by atoms with van der Waals surface area (Å²) < 4.78 is 27.8. The zero-order valence-electron chi connectivity index (χ0n) is 11.5. The van der Waals surface area contributed by atoms with E-state index in [1.165, 1.54) is 10.3 Å². The van der Waals surface area contributed by atoms with Crippen LogP contribution in [0.25, 0.3) is 0 Å². The maximum Gasteiger partial charge on any atom is 0.306 e. The van der Waals surface area contributed by atoms with Crippen LogP contribution in [0.1, 0.15) is 5.56 Å². The summed E-state index contributed by atoms with van der Waals surface area (Å²) >= 11 is 9.33. The van der Waals surface area contributed by atoms with Crippen molar-refractivity contribution in [2.24, 2.45) is 0 Å². The summed E-state index contributed by atoms with van der Waals surface area (Å²) in [5.41, 5.74) is 0.811. The zero-order valence-corrected chi connectivity index (χ0v) is 16.3. The van der Waals surface area contributed by atoms with Gasteiger partial charge in [0.25, 0.3) is 4.74 Å². The molecular weight excluding hydrogens is 434 g/mol. The fraction of sp³-hybridized carbons (Fsp3) is 0.250. The highest BCUT2D eigenvalue weighted by atomic mass is 79.9. The zero-order chi connectivity index (χ0) is 16.5. The molecule has 10 heteroatoms. The summed E-state index contributed by atoms with van der Waals surface area (Å²) in [5, 5.41) is 0.884. The smallest absolute Gasteiger partial charge is 0.306 e. The molecule has 0 amide bonds. The number of benzene rings is 1. The summed E-state index contributed by atoms with van der Waals surface area (Å²) in [4.78, 5) is 13.3. The van der Waals surface area contributed by atoms with Crippen molar-refractivity contribution in [3.63, 3.8) is 0 Å². The molecule has 0 spiro atoms. The molecule has 0 saturated carbocycles. The number of rotatable bonds is 5. The maximum atomic E-state index is 11.4. The largest absolute Gasteiger partial charge is 0.381 e. The minimum atomic E-state index is -3.60. The summed E-state index contributed by atoms with van der Waals surface area (Å²) in [7, 11) is 0.589. The van der Waals surface area contributed by atoms with E-state index < -0.39 is 10.1 Å². The molecule has 120 valence electrons. The molecular formula is C12H11BrClNO4S3. The number of hydrogen-bond acceptors (Lipinski definition) is 7. The third kappa shape index (κ3) is 4.23. The molecule has 0 N–H and O–H groups in total. The van der Waals surface area contributed by atoms with E-state index in [2.05, 4.69) is 15.9 Å². The van der Waals surface area contributed by atoms with Crippen molar-refractivity contribution >= 4 is 63.3 Å². The molecule has 0 bridgehead atoms. The molecule has 2 aromatic rings. The van der Waals surface area contributed by atoms with Gasteiger partial charge in [-0.15, -0.1) is 0 Å². The predicted octanol–water partition coefficient (Wildman–Crippen LogP) is 3.56. The average Bonchev–Trinajstić information content (AvgIpc) is 2.73. The van der Waals surface area contributed by atoms with Crippen molar-refractivity contribution in [3.8, 4) is 5.75 Å². The Labute approximate surface area is 148 Å². The number of nitrogens with zero attached hydrogens (tertiary/aromatic N) is 1. The summed E-state index contributed by atoms with van der Waals surface area (Å²) in [6.45, 7) is 0.438. The molecule has 1 heterocycles. The molecule has 22 heavy (non-hydrogen) atoms. The SMILES string of the molecule is CN(Cc1cccc(OS(C)(=O)=O)c1Br)c1ssc(=O)c1Cl. The molecule has 0 fully saturated rings. The number of hydrogen-bond donors (Lipinski definition) is 0. The van der Waals surface area contributed by atoms with E-state index in [0.29, 0.717) is 16.0 Å². The molecule has 1 aromatic carbocycles. The minimum absolute atomic E-state index is 0.165. The van der Waals surface area contributed by atoms with Crippen LogP contribution in [0.15, 0.2) is 27.5 Å². The van der Waals surface area contributed by atoms with Gasteiger partial charge in [-0.2, -0.15) is 8.42 Å². The van der Waals surface area contributed by atoms with Gasteiger partial charge in [-0.1, -0.05) is 34.1 Å². The first-order valence-corrected chi connectivity index (χ1v) is 11.0. The molecule has 0 saturated heterocycles. The lowest BCUT2D eigenvalue weighted by atomic mass is 10.2. The van der Waals surface area contributed by atoms with Crippen LogP contribution in [-0.4, -0.2) is 21.7 Å². The van der Waals surface area contributed by atoms with Gasteiger partial charge in [-0.05, 0) is 37.9 Å². The van der Waals surface area contributed by atoms with Crippen LogP contribution in [0.2, 0.25) is 5.02 Å². The fourth-order valence-electron chi connectivity index (χ4n) is 1.70. The van der Waals surface area contributed by atoms with Crippen LogP contribution in [0.4, 0.5) is 5.00 Å². The lowest BCUT2D eigenvalue weighted by molar-refractivity contribution is 0.491. The first-order valence-electron chi connectivity index (χ1n) is 5.85. The van der Waals surface area contributed by atoms with Crippen molar-refractivity contribution in [1.29, 1.82) is 0 Å². The van der Waals surface area contributed by atoms with Gasteiger partial charge in [0.2, 0.25) is 0 Å². The fourth-order valence-corrected chi connectivity index (χ4v) is 5.49. The Morgan fingerprint density at radius 3 is 2.59 bits per heavy atom. The monoisotopic (exact) mass is 443 g/mol. The lowest BCUT2D eigenvalue weighted by Crippen LogP contribution is -2.17. The van der Waals surface area contributed by atoms with Crippen LogP contribution in [0, 0.1) is 0 Å². The van der Waals surface area contributed by atoms with Crippen LogP contribution in [-0.2, 0) is 16.7 Å². The molecule has 0 aliphatic heterocycles. The van der Waals surface area contributed by atoms with Crippen LogP contribution in [0.3, 0.4) is 0 Å². The maximum absolute atomic E-state index is 11.4. The Kier molecular flexibility index (Phi) is 5.54. The van der Waals surface area contributed by atoms with Gasteiger partial charge in [-0.3, -0.25) is 4.79 Å². The Hall–Kier alpha value is -0.610. The van der Waals surface area contributed by atoms with Crippen molar-refractivity contribution in [3.05, 3.63) is 42.8 Å². The molecule has 1 aromatic heterocycles. The van der Waals surface area contributed by atoms with Crippen LogP contribution >= 0.6 is 48.2 Å². The van der Waals surface area contributed by atoms with Crippen LogP contribution in [0.5, 0.6) is 5.75 Å². The minimum Gasteiger partial charge on any atom is -0.381 e. The highest BCUT2D eigenvalue weighted by molar-refractivity contribution is 9.10. The van der Waals surface area contributed by atoms with Gasteiger partial charge >= 0.3 is 10.1 Å². The molecule has 0 aliphatic rings. The predicted molar refractivity (Wildman–Crippen MR) is 95.2 cm³/mol. The van der Waals surface area contributed by atoms with Gasteiger partial charge in [0.15, 0.2) is 5.75 Å². The van der Waals surface area contributed by atoms with Gasteiger partial charge in [-0.25, -0.2) is 0 Å². The summed E-state index contributed by atoms with van der Waals surface area (Å²) in [5.74, 6) is 0.220. The van der Waals surface area contributed by atoms with E-state index in [9.17, 15) is 13.2 Å². The van der Waals surface area contributed by atoms with Gasteiger partial charge < -0.3 is 9.08 Å². The third-order valence-corrected chi connectivity index (χ3v) is 6.85. The molecule has 5 nitrogen and oxygen atoms in total. The van der Waals surface area contributed by atoms with Crippen molar-refractivity contribution in [2.75, 3.05) is 18.2 Å². The lowest BCUT2D eigenvalue weighted by Gasteiger charge is -2.19. The van der Waals surface area contributed by atoms with E-state index in [-0.39, 0.29) is 15.5 Å². The van der Waals surface area contributed by atoms with E-state index >= 15 is 0 Å². The number of anilines is 1. The van der Waals surface area contributed by atoms with Gasteiger partial charge in [0.1, 0.15) is 10.0 Å².